The van der Waals surface area contributed by atoms with Crippen molar-refractivity contribution in [3.05, 3.63) is 66.5 Å². The SMILES string of the molecule is C=C(Cn1c(=O)c2c(ncn2C)n(C)c1=O)Cn1c(=O)c2c(ncn2C)n(C)c1=O. The maximum atomic E-state index is 12.8. The molecule has 4 rings (SSSR count). The number of nitrogens with zero attached hydrogens (tertiary/aromatic N) is 8. The van der Waals surface area contributed by atoms with E-state index in [2.05, 4.69) is 16.5 Å². The molecular formula is C18H20N8O4. The molecule has 0 radical (unpaired) electrons. The maximum Gasteiger partial charge on any atom is 0.332 e. The van der Waals surface area contributed by atoms with Crippen LogP contribution in [0.15, 0.2) is 44.0 Å². The average molecular weight is 412 g/mol. The van der Waals surface area contributed by atoms with Crippen LogP contribution in [-0.2, 0) is 41.3 Å². The van der Waals surface area contributed by atoms with Crippen LogP contribution < -0.4 is 22.5 Å². The largest absolute Gasteiger partial charge is 0.332 e. The van der Waals surface area contributed by atoms with E-state index in [0.717, 1.165) is 9.13 Å². The molecule has 0 fully saturated rings. The first-order chi connectivity index (χ1) is 14.1. The van der Waals surface area contributed by atoms with Gasteiger partial charge in [-0.25, -0.2) is 19.6 Å². The van der Waals surface area contributed by atoms with Crippen LogP contribution in [0.4, 0.5) is 0 Å². The van der Waals surface area contributed by atoms with E-state index < -0.39 is 22.5 Å². The van der Waals surface area contributed by atoms with Crippen LogP contribution in [0.25, 0.3) is 22.3 Å². The predicted molar refractivity (Wildman–Crippen MR) is 110 cm³/mol. The highest BCUT2D eigenvalue weighted by atomic mass is 16.2. The highest BCUT2D eigenvalue weighted by Crippen LogP contribution is 2.06. The molecule has 0 bridgehead atoms. The second-order valence-corrected chi connectivity index (χ2v) is 7.27. The van der Waals surface area contributed by atoms with Gasteiger partial charge < -0.3 is 9.13 Å². The van der Waals surface area contributed by atoms with Crippen LogP contribution in [0.3, 0.4) is 0 Å². The molecule has 4 heterocycles. The van der Waals surface area contributed by atoms with Crippen LogP contribution in [0.2, 0.25) is 0 Å². The van der Waals surface area contributed by atoms with Gasteiger partial charge in [-0.2, -0.15) is 0 Å². The van der Waals surface area contributed by atoms with Gasteiger partial charge in [0.25, 0.3) is 11.1 Å². The summed E-state index contributed by atoms with van der Waals surface area (Å²) in [4.78, 5) is 59.2. The Morgan fingerprint density at radius 2 is 1.13 bits per heavy atom. The Bertz CT molecular complexity index is 1470. The number of allylic oxidation sites excluding steroid dienone is 1. The molecule has 0 aromatic carbocycles. The fraction of sp³-hybridized carbons (Fsp3) is 0.333. The summed E-state index contributed by atoms with van der Waals surface area (Å²) in [7, 11) is 6.36. The molecule has 0 saturated heterocycles. The maximum absolute atomic E-state index is 12.8. The number of aryl methyl sites for hydroxylation is 4. The summed E-state index contributed by atoms with van der Waals surface area (Å²) in [5, 5.41) is 0. The van der Waals surface area contributed by atoms with E-state index >= 15 is 0 Å². The fourth-order valence-electron chi connectivity index (χ4n) is 3.57. The van der Waals surface area contributed by atoms with Gasteiger partial charge >= 0.3 is 11.4 Å². The smallest absolute Gasteiger partial charge is 0.328 e. The first kappa shape index (κ1) is 19.4. The molecule has 0 aliphatic carbocycles. The van der Waals surface area contributed by atoms with Crippen molar-refractivity contribution in [3.8, 4) is 0 Å². The second kappa shape index (κ2) is 6.54. The van der Waals surface area contributed by atoms with Crippen molar-refractivity contribution < 1.29 is 0 Å². The van der Waals surface area contributed by atoms with Gasteiger partial charge in [0.2, 0.25) is 0 Å². The lowest BCUT2D eigenvalue weighted by Crippen LogP contribution is -2.42. The predicted octanol–water partition coefficient (Wildman–Crippen LogP) is -1.56. The van der Waals surface area contributed by atoms with Crippen LogP contribution in [0.1, 0.15) is 0 Å². The Hall–Kier alpha value is -3.96. The van der Waals surface area contributed by atoms with E-state index in [1.807, 2.05) is 0 Å². The first-order valence-corrected chi connectivity index (χ1v) is 9.01. The van der Waals surface area contributed by atoms with Crippen molar-refractivity contribution in [3.63, 3.8) is 0 Å². The third-order valence-corrected chi connectivity index (χ3v) is 5.17. The van der Waals surface area contributed by atoms with E-state index in [1.165, 1.54) is 45.0 Å². The van der Waals surface area contributed by atoms with Gasteiger partial charge in [-0.3, -0.25) is 27.9 Å². The summed E-state index contributed by atoms with van der Waals surface area (Å²) in [5.41, 5.74) is -0.709. The van der Waals surface area contributed by atoms with Crippen LogP contribution in [0, 0.1) is 0 Å². The standard InChI is InChI=1S/C18H20N8O4/c1-10(6-25-15(27)11-13(19-8-21(11)2)23(4)17(25)29)7-26-16(28)12-14(20-9-22(12)3)24(5)18(26)30/h8-9H,1,6-7H2,2-5H3. The van der Waals surface area contributed by atoms with E-state index in [4.69, 9.17) is 0 Å². The van der Waals surface area contributed by atoms with E-state index in [-0.39, 0.29) is 35.4 Å². The molecule has 4 aromatic rings. The molecule has 0 unspecified atom stereocenters. The van der Waals surface area contributed by atoms with Crippen molar-refractivity contribution in [2.45, 2.75) is 13.1 Å². The Kier molecular flexibility index (Phi) is 4.22. The van der Waals surface area contributed by atoms with Gasteiger partial charge in [-0.05, 0) is 5.57 Å². The fourth-order valence-corrected chi connectivity index (χ4v) is 3.57. The molecular weight excluding hydrogens is 392 g/mol. The van der Waals surface area contributed by atoms with Crippen molar-refractivity contribution >= 4 is 22.3 Å². The summed E-state index contributed by atoms with van der Waals surface area (Å²) >= 11 is 0. The molecule has 0 atom stereocenters. The average Bonchev–Trinajstić information content (AvgIpc) is 3.28. The number of hydrogen-bond donors (Lipinski definition) is 0. The minimum atomic E-state index is -0.560. The lowest BCUT2D eigenvalue weighted by molar-refractivity contribution is 0.589. The molecule has 0 amide bonds. The Labute approximate surface area is 168 Å². The third kappa shape index (κ3) is 2.60. The van der Waals surface area contributed by atoms with Gasteiger partial charge in [0.05, 0.1) is 25.7 Å². The Balaban J connectivity index is 1.79. The molecule has 30 heavy (non-hydrogen) atoms. The molecule has 12 nitrogen and oxygen atoms in total. The Morgan fingerprint density at radius 3 is 1.50 bits per heavy atom. The number of imidazole rings is 2. The van der Waals surface area contributed by atoms with Crippen molar-refractivity contribution in [2.75, 3.05) is 0 Å². The number of rotatable bonds is 4. The third-order valence-electron chi connectivity index (χ3n) is 5.17. The molecule has 0 N–H and O–H groups in total. The van der Waals surface area contributed by atoms with Crippen molar-refractivity contribution in [1.82, 2.24) is 37.4 Å². The number of fused-ring (bicyclic) bond motifs is 2. The molecule has 12 heteroatoms. The van der Waals surface area contributed by atoms with Crippen LogP contribution in [0.5, 0.6) is 0 Å². The van der Waals surface area contributed by atoms with Gasteiger partial charge in [0, 0.05) is 28.2 Å². The molecule has 0 spiro atoms. The van der Waals surface area contributed by atoms with E-state index in [0.29, 0.717) is 5.57 Å². The summed E-state index contributed by atoms with van der Waals surface area (Å²) in [6.07, 6.45) is 2.91. The van der Waals surface area contributed by atoms with Crippen molar-refractivity contribution in [1.29, 1.82) is 0 Å². The van der Waals surface area contributed by atoms with Gasteiger partial charge in [-0.1, -0.05) is 6.58 Å². The van der Waals surface area contributed by atoms with Gasteiger partial charge in [0.1, 0.15) is 0 Å². The van der Waals surface area contributed by atoms with Crippen LogP contribution in [-0.4, -0.2) is 37.4 Å². The second-order valence-electron chi connectivity index (χ2n) is 7.27. The summed E-state index contributed by atoms with van der Waals surface area (Å²) in [5.74, 6) is 0. The first-order valence-electron chi connectivity index (χ1n) is 9.01. The van der Waals surface area contributed by atoms with Crippen molar-refractivity contribution in [2.24, 2.45) is 28.2 Å². The monoisotopic (exact) mass is 412 g/mol. The zero-order chi connectivity index (χ0) is 21.9. The van der Waals surface area contributed by atoms with E-state index in [9.17, 15) is 19.2 Å². The molecule has 0 aliphatic heterocycles. The quantitative estimate of drug-likeness (QED) is 0.373. The van der Waals surface area contributed by atoms with Crippen LogP contribution >= 0.6 is 0 Å². The van der Waals surface area contributed by atoms with E-state index in [1.54, 1.807) is 14.1 Å². The molecule has 156 valence electrons. The summed E-state index contributed by atoms with van der Waals surface area (Å²) in [6, 6.07) is 0. The summed E-state index contributed by atoms with van der Waals surface area (Å²) in [6.45, 7) is 3.59. The lowest BCUT2D eigenvalue weighted by Gasteiger charge is -2.13. The zero-order valence-corrected chi connectivity index (χ0v) is 17.0. The Morgan fingerprint density at radius 1 is 0.767 bits per heavy atom. The summed E-state index contributed by atoms with van der Waals surface area (Å²) < 4.78 is 7.66. The highest BCUT2D eigenvalue weighted by molar-refractivity contribution is 5.70. The molecule has 0 aliphatic rings. The lowest BCUT2D eigenvalue weighted by atomic mass is 10.3. The molecule has 0 saturated carbocycles. The topological polar surface area (TPSA) is 124 Å². The minimum Gasteiger partial charge on any atom is -0.328 e. The highest BCUT2D eigenvalue weighted by Gasteiger charge is 2.18. The number of hydrogen-bond acceptors (Lipinski definition) is 6. The molecule has 4 aromatic heterocycles. The van der Waals surface area contributed by atoms with Gasteiger partial charge in [0.15, 0.2) is 22.3 Å². The van der Waals surface area contributed by atoms with Gasteiger partial charge in [-0.15, -0.1) is 0 Å². The number of aromatic nitrogens is 8. The normalized spacial score (nSPS) is 11.6. The minimum absolute atomic E-state index is 0.147. The zero-order valence-electron chi connectivity index (χ0n) is 17.0.